The molecule has 2 rings (SSSR count). The number of benzene rings is 1. The van der Waals surface area contributed by atoms with Gasteiger partial charge in [0.15, 0.2) is 18.1 Å². The molecule has 1 aromatic carbocycles. The minimum absolute atomic E-state index is 0.00239. The summed E-state index contributed by atoms with van der Waals surface area (Å²) in [6.45, 7) is -0.0797. The average Bonchev–Trinajstić information content (AvgIpc) is 2.65. The van der Waals surface area contributed by atoms with Crippen LogP contribution < -0.4 is 14.8 Å². The van der Waals surface area contributed by atoms with E-state index in [1.54, 1.807) is 30.3 Å². The van der Waals surface area contributed by atoms with Crippen molar-refractivity contribution in [1.29, 1.82) is 10.5 Å². The zero-order valence-corrected chi connectivity index (χ0v) is 14.2. The second-order valence-corrected chi connectivity index (χ2v) is 5.88. The van der Waals surface area contributed by atoms with Gasteiger partial charge in [0.1, 0.15) is 17.7 Å². The van der Waals surface area contributed by atoms with Gasteiger partial charge in [-0.25, -0.2) is 0 Å². The fraction of sp³-hybridized carbons (Fsp3) is 0.421. The van der Waals surface area contributed by atoms with Gasteiger partial charge >= 0.3 is 0 Å². The topological polar surface area (TPSA) is 95.1 Å². The van der Waals surface area contributed by atoms with Gasteiger partial charge < -0.3 is 14.8 Å². The van der Waals surface area contributed by atoms with E-state index in [1.807, 2.05) is 0 Å². The first-order valence-electron chi connectivity index (χ1n) is 8.28. The van der Waals surface area contributed by atoms with E-state index in [2.05, 4.69) is 5.32 Å². The van der Waals surface area contributed by atoms with Crippen molar-refractivity contribution in [3.05, 3.63) is 29.3 Å². The molecule has 1 aliphatic carbocycles. The molecule has 0 aliphatic heterocycles. The Hall–Kier alpha value is -2.99. The normalized spacial score (nSPS) is 13.9. The zero-order chi connectivity index (χ0) is 18.1. The molecule has 0 heterocycles. The maximum absolute atomic E-state index is 12.0. The first-order chi connectivity index (χ1) is 12.2. The van der Waals surface area contributed by atoms with Gasteiger partial charge in [-0.1, -0.05) is 25.3 Å². The van der Waals surface area contributed by atoms with Crippen molar-refractivity contribution in [2.45, 2.75) is 38.1 Å². The third-order valence-electron chi connectivity index (χ3n) is 4.07. The zero-order valence-electron chi connectivity index (χ0n) is 14.2. The van der Waals surface area contributed by atoms with Crippen molar-refractivity contribution < 1.29 is 14.3 Å². The molecule has 0 unspecified atom stereocenters. The highest BCUT2D eigenvalue weighted by molar-refractivity contribution is 5.78. The minimum atomic E-state index is -0.144. The lowest BCUT2D eigenvalue weighted by atomic mass is 9.95. The summed E-state index contributed by atoms with van der Waals surface area (Å²) >= 11 is 0. The average molecular weight is 339 g/mol. The van der Waals surface area contributed by atoms with Gasteiger partial charge in [-0.15, -0.1) is 0 Å². The summed E-state index contributed by atoms with van der Waals surface area (Å²) in [5.74, 6) is 0.734. The largest absolute Gasteiger partial charge is 0.493 e. The van der Waals surface area contributed by atoms with Crippen LogP contribution in [0.3, 0.4) is 0 Å². The van der Waals surface area contributed by atoms with E-state index in [1.165, 1.54) is 19.6 Å². The highest BCUT2D eigenvalue weighted by atomic mass is 16.5. The van der Waals surface area contributed by atoms with Gasteiger partial charge in [-0.3, -0.25) is 4.79 Å². The van der Waals surface area contributed by atoms with Crippen molar-refractivity contribution in [2.75, 3.05) is 13.7 Å². The second-order valence-electron chi connectivity index (χ2n) is 5.88. The molecule has 0 atom stereocenters. The molecule has 1 aliphatic rings. The summed E-state index contributed by atoms with van der Waals surface area (Å²) in [6.07, 6.45) is 7.05. The number of carbonyl (C=O) groups is 1. The SMILES string of the molecule is COc1cc(C=C(C#N)C#N)ccc1OCC(=O)NC1CCCCC1. The number of hydrogen-bond donors (Lipinski definition) is 1. The van der Waals surface area contributed by atoms with E-state index >= 15 is 0 Å². The summed E-state index contributed by atoms with van der Waals surface area (Å²) < 4.78 is 10.8. The number of nitriles is 2. The van der Waals surface area contributed by atoms with Crippen LogP contribution in [-0.4, -0.2) is 25.7 Å². The van der Waals surface area contributed by atoms with Crippen LogP contribution in [0.25, 0.3) is 6.08 Å². The number of methoxy groups -OCH3 is 1. The van der Waals surface area contributed by atoms with Crippen molar-refractivity contribution in [2.24, 2.45) is 0 Å². The number of nitrogens with one attached hydrogen (secondary N) is 1. The molecule has 0 bridgehead atoms. The quantitative estimate of drug-likeness (QED) is 0.804. The third kappa shape index (κ3) is 5.54. The number of nitrogens with zero attached hydrogens (tertiary/aromatic N) is 2. The van der Waals surface area contributed by atoms with Crippen LogP contribution in [-0.2, 0) is 4.79 Å². The molecule has 1 fully saturated rings. The molecule has 6 heteroatoms. The lowest BCUT2D eigenvalue weighted by Crippen LogP contribution is -2.39. The Balaban J connectivity index is 1.97. The molecule has 1 saturated carbocycles. The smallest absolute Gasteiger partial charge is 0.258 e. The lowest BCUT2D eigenvalue weighted by Gasteiger charge is -2.22. The predicted molar refractivity (Wildman–Crippen MR) is 92.7 cm³/mol. The van der Waals surface area contributed by atoms with E-state index < -0.39 is 0 Å². The molecule has 25 heavy (non-hydrogen) atoms. The van der Waals surface area contributed by atoms with Crippen LogP contribution in [0.5, 0.6) is 11.5 Å². The van der Waals surface area contributed by atoms with Crippen LogP contribution >= 0.6 is 0 Å². The van der Waals surface area contributed by atoms with Gasteiger partial charge in [-0.2, -0.15) is 10.5 Å². The molecule has 0 radical (unpaired) electrons. The van der Waals surface area contributed by atoms with Crippen molar-refractivity contribution in [1.82, 2.24) is 5.32 Å². The summed E-state index contributed by atoms with van der Waals surface area (Å²) in [5, 5.41) is 20.6. The lowest BCUT2D eigenvalue weighted by molar-refractivity contribution is -0.124. The third-order valence-corrected chi connectivity index (χ3v) is 4.07. The molecule has 0 spiro atoms. The Kier molecular flexibility index (Phi) is 6.86. The molecule has 1 amide bonds. The van der Waals surface area contributed by atoms with Gasteiger partial charge in [0, 0.05) is 6.04 Å². The molecular weight excluding hydrogens is 318 g/mol. The van der Waals surface area contributed by atoms with Crippen molar-refractivity contribution in [3.63, 3.8) is 0 Å². The Morgan fingerprint density at radius 3 is 2.60 bits per heavy atom. The fourth-order valence-electron chi connectivity index (χ4n) is 2.81. The number of amides is 1. The molecular formula is C19H21N3O3. The van der Waals surface area contributed by atoms with E-state index in [4.69, 9.17) is 20.0 Å². The molecule has 1 aromatic rings. The van der Waals surface area contributed by atoms with Crippen molar-refractivity contribution >= 4 is 12.0 Å². The Morgan fingerprint density at radius 2 is 1.96 bits per heavy atom. The Morgan fingerprint density at radius 1 is 1.24 bits per heavy atom. The van der Waals surface area contributed by atoms with Crippen molar-refractivity contribution in [3.8, 4) is 23.6 Å². The van der Waals surface area contributed by atoms with Crippen LogP contribution in [0.2, 0.25) is 0 Å². The van der Waals surface area contributed by atoms with Gasteiger partial charge in [-0.05, 0) is 36.6 Å². The molecule has 0 aromatic heterocycles. The minimum Gasteiger partial charge on any atom is -0.493 e. The van der Waals surface area contributed by atoms with Gasteiger partial charge in [0.25, 0.3) is 5.91 Å². The van der Waals surface area contributed by atoms with Crippen LogP contribution in [0.1, 0.15) is 37.7 Å². The van der Waals surface area contributed by atoms with Gasteiger partial charge in [0.05, 0.1) is 7.11 Å². The fourth-order valence-corrected chi connectivity index (χ4v) is 2.81. The number of rotatable bonds is 6. The number of hydrogen-bond acceptors (Lipinski definition) is 5. The van der Waals surface area contributed by atoms with E-state index in [0.29, 0.717) is 17.1 Å². The summed E-state index contributed by atoms with van der Waals surface area (Å²) in [6, 6.07) is 8.87. The molecule has 6 nitrogen and oxygen atoms in total. The monoisotopic (exact) mass is 339 g/mol. The second kappa shape index (κ2) is 9.34. The highest BCUT2D eigenvalue weighted by Gasteiger charge is 2.16. The predicted octanol–water partition coefficient (Wildman–Crippen LogP) is 2.95. The molecule has 130 valence electrons. The highest BCUT2D eigenvalue weighted by Crippen LogP contribution is 2.29. The molecule has 0 saturated heterocycles. The van der Waals surface area contributed by atoms with E-state index in [0.717, 1.165) is 25.7 Å². The van der Waals surface area contributed by atoms with Crippen LogP contribution in [0.4, 0.5) is 0 Å². The number of carbonyl (C=O) groups excluding carboxylic acids is 1. The summed E-state index contributed by atoms with van der Waals surface area (Å²) in [4.78, 5) is 12.0. The Bertz CT molecular complexity index is 706. The first kappa shape index (κ1) is 18.4. The maximum atomic E-state index is 12.0. The van der Waals surface area contributed by atoms with Gasteiger partial charge in [0.2, 0.25) is 0 Å². The maximum Gasteiger partial charge on any atom is 0.258 e. The van der Waals surface area contributed by atoms with Crippen LogP contribution in [0, 0.1) is 22.7 Å². The van der Waals surface area contributed by atoms with E-state index in [-0.39, 0.29) is 24.1 Å². The Labute approximate surface area is 147 Å². The molecule has 1 N–H and O–H groups in total. The van der Waals surface area contributed by atoms with E-state index in [9.17, 15) is 4.79 Å². The number of allylic oxidation sites excluding steroid dienone is 1. The first-order valence-corrected chi connectivity index (χ1v) is 8.28. The standard InChI is InChI=1S/C19H21N3O3/c1-24-18-10-14(9-15(11-20)12-21)7-8-17(18)25-13-19(23)22-16-5-3-2-4-6-16/h7-10,16H,2-6,13H2,1H3,(H,22,23). The number of ether oxygens (including phenoxy) is 2. The summed E-state index contributed by atoms with van der Waals surface area (Å²) in [7, 11) is 1.49. The van der Waals surface area contributed by atoms with Crippen LogP contribution in [0.15, 0.2) is 23.8 Å². The summed E-state index contributed by atoms with van der Waals surface area (Å²) in [5.41, 5.74) is 0.650.